The number of halogens is 3. The fourth-order valence-electron chi connectivity index (χ4n) is 4.38. The number of carbonyl (C=O) groups excluding carboxylic acids is 1. The number of rotatable bonds is 4. The van der Waals surface area contributed by atoms with Crippen LogP contribution in [-0.2, 0) is 24.1 Å². The van der Waals surface area contributed by atoms with Gasteiger partial charge in [-0.1, -0.05) is 11.6 Å². The number of hydrogen-bond acceptors (Lipinski definition) is 5. The number of aldehydes is 1. The van der Waals surface area contributed by atoms with Gasteiger partial charge < -0.3 is 14.3 Å². The van der Waals surface area contributed by atoms with Crippen molar-refractivity contribution in [3.05, 3.63) is 58.6 Å². The molecular weight excluding hydrogens is 426 g/mol. The normalized spacial score (nSPS) is 26.2. The van der Waals surface area contributed by atoms with Crippen LogP contribution in [0.3, 0.4) is 0 Å². The number of fused-ring (bicyclic) bond motifs is 3. The summed E-state index contributed by atoms with van der Waals surface area (Å²) in [6.07, 6.45) is -0.376. The van der Waals surface area contributed by atoms with Crippen LogP contribution in [0.2, 0.25) is 5.02 Å². The summed E-state index contributed by atoms with van der Waals surface area (Å²) < 4.78 is 66.6. The van der Waals surface area contributed by atoms with Gasteiger partial charge in [0.1, 0.15) is 16.9 Å². The average Bonchev–Trinajstić information content (AvgIpc) is 2.71. The van der Waals surface area contributed by atoms with Crippen LogP contribution in [0.5, 0.6) is 5.75 Å². The summed E-state index contributed by atoms with van der Waals surface area (Å²) >= 11 is 5.89. The molecule has 3 atom stereocenters. The molecule has 1 saturated heterocycles. The highest BCUT2D eigenvalue weighted by atomic mass is 35.5. The Morgan fingerprint density at radius 1 is 1.14 bits per heavy atom. The van der Waals surface area contributed by atoms with E-state index in [9.17, 15) is 17.6 Å². The third kappa shape index (κ3) is 2.96. The molecule has 2 aromatic rings. The average molecular weight is 443 g/mol. The van der Waals surface area contributed by atoms with Crippen LogP contribution in [-0.4, -0.2) is 34.0 Å². The molecule has 0 N–H and O–H groups in total. The van der Waals surface area contributed by atoms with Crippen LogP contribution in [0.25, 0.3) is 0 Å². The van der Waals surface area contributed by atoms with E-state index < -0.39 is 44.0 Å². The summed E-state index contributed by atoms with van der Waals surface area (Å²) in [7, 11) is -4.25. The van der Waals surface area contributed by atoms with E-state index in [1.165, 1.54) is 24.3 Å². The molecule has 0 unspecified atom stereocenters. The van der Waals surface area contributed by atoms with Crippen molar-refractivity contribution >= 4 is 27.7 Å². The zero-order chi connectivity index (χ0) is 20.8. The van der Waals surface area contributed by atoms with E-state index >= 15 is 4.39 Å². The molecule has 0 aliphatic carbocycles. The molecule has 0 aromatic heterocycles. The van der Waals surface area contributed by atoms with E-state index in [1.54, 1.807) is 0 Å². The van der Waals surface area contributed by atoms with Gasteiger partial charge in [-0.15, -0.1) is 0 Å². The van der Waals surface area contributed by atoms with Crippen molar-refractivity contribution in [3.63, 3.8) is 0 Å². The molecule has 29 heavy (non-hydrogen) atoms. The first kappa shape index (κ1) is 20.3. The van der Waals surface area contributed by atoms with Gasteiger partial charge in [0.05, 0.1) is 23.2 Å². The fourth-order valence-corrected chi connectivity index (χ4v) is 6.85. The molecule has 2 aromatic carbocycles. The Balaban J connectivity index is 2.03. The van der Waals surface area contributed by atoms with E-state index in [-0.39, 0.29) is 36.5 Å². The molecule has 4 rings (SSSR count). The first-order chi connectivity index (χ1) is 13.8. The minimum atomic E-state index is -4.25. The van der Waals surface area contributed by atoms with E-state index in [0.29, 0.717) is 11.3 Å². The Morgan fingerprint density at radius 2 is 1.83 bits per heavy atom. The smallest absolute Gasteiger partial charge is 0.189 e. The lowest BCUT2D eigenvalue weighted by Crippen LogP contribution is -2.57. The standard InChI is InChI=1S/C20H17ClF2O5S/c21-12-1-3-13(4-2-12)29(25,26)20-8-10-27-17(7-9-24)14(20)11-28-19-16(23)6-5-15(22)18(19)20/h1-6,9,14,17H,7-8,10-11H2/t14-,17-,20-/m0/s1. The van der Waals surface area contributed by atoms with E-state index in [0.717, 1.165) is 12.1 Å². The van der Waals surface area contributed by atoms with E-state index in [4.69, 9.17) is 21.1 Å². The second-order valence-electron chi connectivity index (χ2n) is 7.06. The van der Waals surface area contributed by atoms with Gasteiger partial charge in [-0.25, -0.2) is 17.2 Å². The quantitative estimate of drug-likeness (QED) is 0.676. The summed E-state index contributed by atoms with van der Waals surface area (Å²) in [5.41, 5.74) is -0.345. The number of benzene rings is 2. The monoisotopic (exact) mass is 442 g/mol. The SMILES string of the molecule is O=CC[C@@H]1OCC[C@@]2(S(=O)(=O)c3ccc(Cl)cc3)c3c(F)ccc(F)c3OC[C@@H]12. The predicted octanol–water partition coefficient (Wildman–Crippen LogP) is 3.67. The van der Waals surface area contributed by atoms with Gasteiger partial charge in [0, 0.05) is 24.0 Å². The molecule has 1 fully saturated rings. The summed E-state index contributed by atoms with van der Waals surface area (Å²) in [6.45, 7) is -0.254. The highest BCUT2D eigenvalue weighted by Crippen LogP contribution is 2.55. The lowest BCUT2D eigenvalue weighted by molar-refractivity contribution is -0.117. The summed E-state index contributed by atoms with van der Waals surface area (Å²) in [6, 6.07) is 7.30. The van der Waals surface area contributed by atoms with Gasteiger partial charge >= 0.3 is 0 Å². The Morgan fingerprint density at radius 3 is 2.52 bits per heavy atom. The molecule has 9 heteroatoms. The molecular formula is C20H17ClF2O5S. The molecule has 2 heterocycles. The van der Waals surface area contributed by atoms with Crippen LogP contribution in [0.1, 0.15) is 18.4 Å². The maximum Gasteiger partial charge on any atom is 0.189 e. The topological polar surface area (TPSA) is 69.7 Å². The lowest BCUT2D eigenvalue weighted by Gasteiger charge is -2.49. The predicted molar refractivity (Wildman–Crippen MR) is 101 cm³/mol. The summed E-state index contributed by atoms with van der Waals surface area (Å²) in [5, 5.41) is 0.341. The maximum absolute atomic E-state index is 15.0. The first-order valence-electron chi connectivity index (χ1n) is 8.99. The number of sulfone groups is 1. The van der Waals surface area contributed by atoms with Gasteiger partial charge in [0.25, 0.3) is 0 Å². The molecule has 0 bridgehead atoms. The Bertz CT molecular complexity index is 1060. The van der Waals surface area contributed by atoms with Crippen LogP contribution in [0, 0.1) is 17.6 Å². The van der Waals surface area contributed by atoms with Crippen molar-refractivity contribution in [2.45, 2.75) is 28.6 Å². The summed E-state index contributed by atoms with van der Waals surface area (Å²) in [4.78, 5) is 11.1. The van der Waals surface area contributed by atoms with Crippen LogP contribution in [0.15, 0.2) is 41.3 Å². The van der Waals surface area contributed by atoms with E-state index in [1.807, 2.05) is 0 Å². The largest absolute Gasteiger partial charge is 0.490 e. The molecule has 154 valence electrons. The van der Waals surface area contributed by atoms with Gasteiger partial charge in [-0.2, -0.15) is 0 Å². The molecule has 0 radical (unpaired) electrons. The van der Waals surface area contributed by atoms with Gasteiger partial charge in [0.15, 0.2) is 21.4 Å². The van der Waals surface area contributed by atoms with Crippen molar-refractivity contribution in [3.8, 4) is 5.75 Å². The van der Waals surface area contributed by atoms with Gasteiger partial charge in [-0.3, -0.25) is 0 Å². The maximum atomic E-state index is 15.0. The zero-order valence-electron chi connectivity index (χ0n) is 15.1. The van der Waals surface area contributed by atoms with Crippen molar-refractivity contribution in [2.24, 2.45) is 5.92 Å². The lowest BCUT2D eigenvalue weighted by atomic mass is 9.75. The van der Waals surface area contributed by atoms with Gasteiger partial charge in [-0.05, 0) is 42.8 Å². The summed E-state index contributed by atoms with van der Waals surface area (Å²) in [5.74, 6) is -3.03. The van der Waals surface area contributed by atoms with Crippen molar-refractivity contribution < 1.29 is 31.5 Å². The number of carbonyl (C=O) groups is 1. The Labute approximate surface area is 171 Å². The van der Waals surface area contributed by atoms with Crippen molar-refractivity contribution in [1.29, 1.82) is 0 Å². The molecule has 5 nitrogen and oxygen atoms in total. The second-order valence-corrected chi connectivity index (χ2v) is 9.70. The van der Waals surface area contributed by atoms with Crippen LogP contribution >= 0.6 is 11.6 Å². The Hall–Kier alpha value is -2.03. The van der Waals surface area contributed by atoms with Gasteiger partial charge in [0.2, 0.25) is 0 Å². The molecule has 2 aliphatic heterocycles. The minimum absolute atomic E-state index is 0.0305. The fraction of sp³-hybridized carbons (Fsp3) is 0.350. The van der Waals surface area contributed by atoms with Crippen LogP contribution in [0.4, 0.5) is 8.78 Å². The van der Waals surface area contributed by atoms with Crippen molar-refractivity contribution in [2.75, 3.05) is 13.2 Å². The second kappa shape index (κ2) is 7.34. The highest BCUT2D eigenvalue weighted by Gasteiger charge is 2.61. The molecule has 2 aliphatic rings. The Kier molecular flexibility index (Phi) is 5.13. The minimum Gasteiger partial charge on any atom is -0.490 e. The van der Waals surface area contributed by atoms with Crippen molar-refractivity contribution in [1.82, 2.24) is 0 Å². The zero-order valence-corrected chi connectivity index (χ0v) is 16.7. The number of hydrogen-bond donors (Lipinski definition) is 0. The molecule has 0 spiro atoms. The number of ether oxygens (including phenoxy) is 2. The van der Waals surface area contributed by atoms with Crippen LogP contribution < -0.4 is 4.74 Å². The third-order valence-electron chi connectivity index (χ3n) is 5.67. The highest BCUT2D eigenvalue weighted by molar-refractivity contribution is 7.92. The van der Waals surface area contributed by atoms with E-state index in [2.05, 4.69) is 0 Å². The first-order valence-corrected chi connectivity index (χ1v) is 10.9. The third-order valence-corrected chi connectivity index (χ3v) is 8.49. The molecule has 0 amide bonds. The molecule has 0 saturated carbocycles.